The van der Waals surface area contributed by atoms with Gasteiger partial charge in [-0.1, -0.05) is 12.1 Å². The van der Waals surface area contributed by atoms with Crippen LogP contribution in [-0.2, 0) is 12.8 Å². The van der Waals surface area contributed by atoms with Crippen LogP contribution in [0.2, 0.25) is 0 Å². The number of benzene rings is 1. The smallest absolute Gasteiger partial charge is 0.168 e. The van der Waals surface area contributed by atoms with Gasteiger partial charge in [0.05, 0.1) is 12.0 Å². The quantitative estimate of drug-likeness (QED) is 0.777. The van der Waals surface area contributed by atoms with Gasteiger partial charge in [-0.05, 0) is 36.5 Å². The van der Waals surface area contributed by atoms with Crippen molar-refractivity contribution in [2.24, 2.45) is 0 Å². The van der Waals surface area contributed by atoms with Gasteiger partial charge in [-0.15, -0.1) is 0 Å². The van der Waals surface area contributed by atoms with Crippen LogP contribution in [0.25, 0.3) is 11.3 Å². The van der Waals surface area contributed by atoms with E-state index < -0.39 is 0 Å². The van der Waals surface area contributed by atoms with E-state index in [1.165, 1.54) is 24.0 Å². The second-order valence-electron chi connectivity index (χ2n) is 4.12. The Morgan fingerprint density at radius 1 is 1.25 bits per heavy atom. The van der Waals surface area contributed by atoms with Crippen LogP contribution in [0.3, 0.4) is 0 Å². The van der Waals surface area contributed by atoms with Crippen molar-refractivity contribution in [2.45, 2.75) is 19.3 Å². The van der Waals surface area contributed by atoms with Gasteiger partial charge in [-0.2, -0.15) is 0 Å². The molecule has 0 saturated carbocycles. The summed E-state index contributed by atoms with van der Waals surface area (Å²) < 4.78 is 0. The first-order valence-corrected chi connectivity index (χ1v) is 5.49. The van der Waals surface area contributed by atoms with Crippen LogP contribution in [0.15, 0.2) is 24.5 Å². The molecular formula is C13H12N2O. The number of carbonyl (C=O) groups excluding carboxylic acids is 1. The number of aromatic nitrogens is 2. The maximum Gasteiger partial charge on any atom is 0.168 e. The van der Waals surface area contributed by atoms with Crippen molar-refractivity contribution >= 4 is 6.29 Å². The van der Waals surface area contributed by atoms with Gasteiger partial charge in [-0.25, -0.2) is 4.98 Å². The van der Waals surface area contributed by atoms with Gasteiger partial charge in [0.15, 0.2) is 6.29 Å². The van der Waals surface area contributed by atoms with Crippen LogP contribution in [0.5, 0.6) is 0 Å². The second kappa shape index (κ2) is 3.59. The SMILES string of the molecule is O=Cc1[nH]cnc1-c1ccc2c(c1)CCC2. The van der Waals surface area contributed by atoms with Crippen LogP contribution >= 0.6 is 0 Å². The molecule has 16 heavy (non-hydrogen) atoms. The van der Waals surface area contributed by atoms with Gasteiger partial charge < -0.3 is 4.98 Å². The number of aldehydes is 1. The van der Waals surface area contributed by atoms with Gasteiger partial charge in [0.1, 0.15) is 5.69 Å². The van der Waals surface area contributed by atoms with Gasteiger partial charge in [0.2, 0.25) is 0 Å². The Morgan fingerprint density at radius 2 is 2.12 bits per heavy atom. The second-order valence-corrected chi connectivity index (χ2v) is 4.12. The average Bonchev–Trinajstić information content (AvgIpc) is 2.96. The van der Waals surface area contributed by atoms with E-state index in [4.69, 9.17) is 0 Å². The van der Waals surface area contributed by atoms with E-state index in [-0.39, 0.29) is 0 Å². The van der Waals surface area contributed by atoms with Crippen molar-refractivity contribution in [3.8, 4) is 11.3 Å². The fraction of sp³-hybridized carbons (Fsp3) is 0.231. The number of hydrogen-bond acceptors (Lipinski definition) is 2. The van der Waals surface area contributed by atoms with Crippen LogP contribution in [0.4, 0.5) is 0 Å². The number of H-pyrrole nitrogens is 1. The van der Waals surface area contributed by atoms with Crippen LogP contribution < -0.4 is 0 Å². The molecule has 0 radical (unpaired) electrons. The molecule has 1 heterocycles. The predicted molar refractivity (Wildman–Crippen MR) is 61.4 cm³/mol. The molecule has 0 aliphatic heterocycles. The highest BCUT2D eigenvalue weighted by Crippen LogP contribution is 2.27. The van der Waals surface area contributed by atoms with Crippen molar-refractivity contribution in [3.05, 3.63) is 41.3 Å². The largest absolute Gasteiger partial charge is 0.342 e. The van der Waals surface area contributed by atoms with Gasteiger partial charge in [-0.3, -0.25) is 4.79 Å². The van der Waals surface area contributed by atoms with Gasteiger partial charge >= 0.3 is 0 Å². The normalized spacial score (nSPS) is 13.8. The molecule has 0 saturated heterocycles. The first-order valence-electron chi connectivity index (χ1n) is 5.49. The maximum atomic E-state index is 10.8. The van der Waals surface area contributed by atoms with Crippen LogP contribution in [0, 0.1) is 0 Å². The van der Waals surface area contributed by atoms with Crippen molar-refractivity contribution in [1.82, 2.24) is 9.97 Å². The van der Waals surface area contributed by atoms with E-state index in [0.717, 1.165) is 24.0 Å². The summed E-state index contributed by atoms with van der Waals surface area (Å²) in [5, 5.41) is 0. The summed E-state index contributed by atoms with van der Waals surface area (Å²) in [7, 11) is 0. The molecule has 3 nitrogen and oxygen atoms in total. The number of fused-ring (bicyclic) bond motifs is 1. The molecule has 1 aromatic carbocycles. The number of aryl methyl sites for hydroxylation is 2. The van der Waals surface area contributed by atoms with Gasteiger partial charge in [0, 0.05) is 5.56 Å². The van der Waals surface area contributed by atoms with Crippen molar-refractivity contribution in [2.75, 3.05) is 0 Å². The molecule has 0 bridgehead atoms. The molecule has 0 atom stereocenters. The Kier molecular flexibility index (Phi) is 2.10. The summed E-state index contributed by atoms with van der Waals surface area (Å²) in [6.45, 7) is 0. The van der Waals surface area contributed by atoms with E-state index >= 15 is 0 Å². The van der Waals surface area contributed by atoms with E-state index in [9.17, 15) is 4.79 Å². The minimum Gasteiger partial charge on any atom is -0.342 e. The lowest BCUT2D eigenvalue weighted by atomic mass is 10.0. The molecule has 1 aliphatic carbocycles. The number of nitrogens with one attached hydrogen (secondary N) is 1. The molecule has 0 amide bonds. The average molecular weight is 212 g/mol. The highest BCUT2D eigenvalue weighted by Gasteiger charge is 2.13. The molecule has 0 fully saturated rings. The monoisotopic (exact) mass is 212 g/mol. The Hall–Kier alpha value is -1.90. The Balaban J connectivity index is 2.10. The van der Waals surface area contributed by atoms with E-state index in [2.05, 4.69) is 22.1 Å². The zero-order valence-electron chi connectivity index (χ0n) is 8.86. The summed E-state index contributed by atoms with van der Waals surface area (Å²) in [6, 6.07) is 6.36. The number of carbonyl (C=O) groups is 1. The summed E-state index contributed by atoms with van der Waals surface area (Å²) in [6.07, 6.45) is 5.93. The predicted octanol–water partition coefficient (Wildman–Crippen LogP) is 2.38. The third kappa shape index (κ3) is 1.36. The lowest BCUT2D eigenvalue weighted by molar-refractivity contribution is 0.112. The minimum absolute atomic E-state index is 0.554. The molecule has 3 heteroatoms. The molecular weight excluding hydrogens is 200 g/mol. The van der Waals surface area contributed by atoms with E-state index in [1.54, 1.807) is 6.33 Å². The lowest BCUT2D eigenvalue weighted by Crippen LogP contribution is -1.88. The Morgan fingerprint density at radius 3 is 3.00 bits per heavy atom. The molecule has 80 valence electrons. The summed E-state index contributed by atoms with van der Waals surface area (Å²) >= 11 is 0. The van der Waals surface area contributed by atoms with Crippen LogP contribution in [-0.4, -0.2) is 16.3 Å². The first kappa shape index (κ1) is 9.33. The highest BCUT2D eigenvalue weighted by molar-refractivity contribution is 5.83. The maximum absolute atomic E-state index is 10.8. The third-order valence-corrected chi connectivity index (χ3v) is 3.16. The number of nitrogens with zero attached hydrogens (tertiary/aromatic N) is 1. The molecule has 1 aliphatic rings. The van der Waals surface area contributed by atoms with Crippen molar-refractivity contribution < 1.29 is 4.79 Å². The fourth-order valence-electron chi connectivity index (χ4n) is 2.34. The van der Waals surface area contributed by atoms with Crippen molar-refractivity contribution in [3.63, 3.8) is 0 Å². The standard InChI is InChI=1S/C13H12N2O/c16-7-12-13(15-8-14-12)11-5-4-9-2-1-3-10(9)6-11/h4-8H,1-3H2,(H,14,15). The summed E-state index contributed by atoms with van der Waals surface area (Å²) in [4.78, 5) is 17.9. The highest BCUT2D eigenvalue weighted by atomic mass is 16.1. The number of hydrogen-bond donors (Lipinski definition) is 1. The third-order valence-electron chi connectivity index (χ3n) is 3.16. The molecule has 2 aromatic rings. The molecule has 0 spiro atoms. The summed E-state index contributed by atoms with van der Waals surface area (Å²) in [5.74, 6) is 0. The summed E-state index contributed by atoms with van der Waals surface area (Å²) in [5.41, 5.74) is 5.18. The minimum atomic E-state index is 0.554. The zero-order valence-corrected chi connectivity index (χ0v) is 8.86. The van der Waals surface area contributed by atoms with Crippen LogP contribution in [0.1, 0.15) is 28.0 Å². The van der Waals surface area contributed by atoms with E-state index in [1.807, 2.05) is 6.07 Å². The molecule has 1 N–H and O–H groups in total. The zero-order chi connectivity index (χ0) is 11.0. The molecule has 0 unspecified atom stereocenters. The molecule has 3 rings (SSSR count). The Bertz CT molecular complexity index is 543. The van der Waals surface area contributed by atoms with Gasteiger partial charge in [0.25, 0.3) is 0 Å². The lowest BCUT2D eigenvalue weighted by Gasteiger charge is -2.02. The topological polar surface area (TPSA) is 45.8 Å². The first-order chi connectivity index (χ1) is 7.88. The van der Waals surface area contributed by atoms with Crippen molar-refractivity contribution in [1.29, 1.82) is 0 Å². The molecule has 1 aromatic heterocycles. The number of rotatable bonds is 2. The fourth-order valence-corrected chi connectivity index (χ4v) is 2.34. The number of aromatic amines is 1. The Labute approximate surface area is 93.5 Å². The number of imidazole rings is 1. The van der Waals surface area contributed by atoms with E-state index in [0.29, 0.717) is 5.69 Å².